The smallest absolute Gasteiger partial charge is 0.252 e. The maximum absolute atomic E-state index is 13.1. The van der Waals surface area contributed by atoms with Gasteiger partial charge in [0, 0.05) is 35.7 Å². The molecule has 2 aromatic carbocycles. The molecule has 0 saturated carbocycles. The van der Waals surface area contributed by atoms with Gasteiger partial charge in [-0.3, -0.25) is 9.69 Å². The molecule has 0 radical (unpaired) electrons. The lowest BCUT2D eigenvalue weighted by atomic mass is 10.0. The Hall–Kier alpha value is -1.92. The van der Waals surface area contributed by atoms with Crippen molar-refractivity contribution >= 4 is 45.1 Å². The van der Waals surface area contributed by atoms with E-state index in [-0.39, 0.29) is 5.91 Å². The Morgan fingerprint density at radius 3 is 2.67 bits per heavy atom. The van der Waals surface area contributed by atoms with Crippen molar-refractivity contribution in [3.8, 4) is 0 Å². The summed E-state index contributed by atoms with van der Waals surface area (Å²) >= 11 is 9.53. The van der Waals surface area contributed by atoms with E-state index in [9.17, 15) is 4.79 Å². The van der Waals surface area contributed by atoms with E-state index in [0.29, 0.717) is 11.6 Å². The van der Waals surface area contributed by atoms with E-state index in [0.717, 1.165) is 66.0 Å². The minimum absolute atomic E-state index is 0.0138. The fourth-order valence-electron chi connectivity index (χ4n) is 3.84. The van der Waals surface area contributed by atoms with Crippen LogP contribution in [0.5, 0.6) is 0 Å². The summed E-state index contributed by atoms with van der Waals surface area (Å²) in [5, 5.41) is 3.83. The van der Waals surface area contributed by atoms with Gasteiger partial charge >= 0.3 is 0 Å². The zero-order valence-electron chi connectivity index (χ0n) is 16.7. The maximum Gasteiger partial charge on any atom is 0.252 e. The van der Waals surface area contributed by atoms with Crippen LogP contribution >= 0.6 is 27.5 Å². The fourth-order valence-corrected chi connectivity index (χ4v) is 4.38. The third-order valence-corrected chi connectivity index (χ3v) is 6.18. The third-order valence-electron chi connectivity index (χ3n) is 5.43. The number of rotatable bonds is 6. The second-order valence-electron chi connectivity index (χ2n) is 7.47. The highest BCUT2D eigenvalue weighted by Gasteiger charge is 2.25. The van der Waals surface area contributed by atoms with Gasteiger partial charge < -0.3 is 10.1 Å². The van der Waals surface area contributed by atoms with Gasteiger partial charge in [0.2, 0.25) is 0 Å². The lowest BCUT2D eigenvalue weighted by Crippen LogP contribution is -2.41. The first-order chi connectivity index (χ1) is 14.6. The molecule has 4 rings (SSSR count). The maximum atomic E-state index is 13.1. The Balaban J connectivity index is 1.51. The van der Waals surface area contributed by atoms with Crippen LogP contribution in [0.15, 0.2) is 58.6 Å². The van der Waals surface area contributed by atoms with Gasteiger partial charge in [0.15, 0.2) is 0 Å². The molecule has 1 aliphatic heterocycles. The van der Waals surface area contributed by atoms with Gasteiger partial charge in [-0.2, -0.15) is 0 Å². The summed E-state index contributed by atoms with van der Waals surface area (Å²) < 4.78 is 6.41. The van der Waals surface area contributed by atoms with Crippen molar-refractivity contribution in [3.63, 3.8) is 0 Å². The first-order valence-electron chi connectivity index (χ1n) is 10.1. The van der Waals surface area contributed by atoms with E-state index in [2.05, 4.69) is 32.2 Å². The van der Waals surface area contributed by atoms with Crippen molar-refractivity contribution in [2.45, 2.75) is 6.42 Å². The fraction of sp³-hybridized carbons (Fsp3) is 0.292. The predicted molar refractivity (Wildman–Crippen MR) is 126 cm³/mol. The number of carbonyl (C=O) groups is 1. The molecule has 1 amide bonds. The molecule has 0 aromatic heterocycles. The van der Waals surface area contributed by atoms with Crippen molar-refractivity contribution in [2.24, 2.45) is 0 Å². The van der Waals surface area contributed by atoms with E-state index in [1.54, 1.807) is 0 Å². The number of nitrogens with one attached hydrogen (secondary N) is 1. The van der Waals surface area contributed by atoms with Crippen LogP contribution in [0, 0.1) is 0 Å². The second-order valence-corrected chi connectivity index (χ2v) is 8.83. The lowest BCUT2D eigenvalue weighted by molar-refractivity contribution is -0.115. The quantitative estimate of drug-likeness (QED) is 0.649. The van der Waals surface area contributed by atoms with Crippen LogP contribution in [-0.4, -0.2) is 50.2 Å². The van der Waals surface area contributed by atoms with Crippen LogP contribution in [0.4, 0.5) is 0 Å². The molecule has 1 heterocycles. The Labute approximate surface area is 190 Å². The Morgan fingerprint density at radius 2 is 1.90 bits per heavy atom. The van der Waals surface area contributed by atoms with Crippen molar-refractivity contribution in [2.75, 3.05) is 39.4 Å². The molecule has 1 N–H and O–H groups in total. The van der Waals surface area contributed by atoms with Crippen LogP contribution in [0.25, 0.3) is 11.6 Å². The van der Waals surface area contributed by atoms with Crippen LogP contribution < -0.4 is 5.32 Å². The summed E-state index contributed by atoms with van der Waals surface area (Å²) in [5.41, 5.74) is 5.03. The number of carbonyl (C=O) groups excluding carboxylic acids is 1. The van der Waals surface area contributed by atoms with Crippen molar-refractivity contribution in [3.05, 3.63) is 80.3 Å². The van der Waals surface area contributed by atoms with Gasteiger partial charge in [-0.1, -0.05) is 57.9 Å². The number of morpholine rings is 1. The molecular weight excluding hydrogens is 464 g/mol. The topological polar surface area (TPSA) is 41.6 Å². The van der Waals surface area contributed by atoms with Gasteiger partial charge in [-0.05, 0) is 52.9 Å². The van der Waals surface area contributed by atoms with Crippen molar-refractivity contribution < 1.29 is 9.53 Å². The highest BCUT2D eigenvalue weighted by atomic mass is 79.9. The zero-order valence-corrected chi connectivity index (χ0v) is 19.0. The molecule has 0 unspecified atom stereocenters. The molecule has 0 bridgehead atoms. The number of benzene rings is 2. The van der Waals surface area contributed by atoms with Crippen LogP contribution in [-0.2, 0) is 16.0 Å². The number of nitrogens with zero attached hydrogens (tertiary/aromatic N) is 1. The molecule has 1 aliphatic carbocycles. The van der Waals surface area contributed by atoms with E-state index < -0.39 is 0 Å². The van der Waals surface area contributed by atoms with Gasteiger partial charge in [0.25, 0.3) is 5.91 Å². The molecule has 4 nitrogen and oxygen atoms in total. The molecule has 2 aromatic rings. The highest BCUT2D eigenvalue weighted by Crippen LogP contribution is 2.35. The van der Waals surface area contributed by atoms with E-state index in [1.165, 1.54) is 5.56 Å². The minimum Gasteiger partial charge on any atom is -0.379 e. The van der Waals surface area contributed by atoms with Crippen molar-refractivity contribution in [1.29, 1.82) is 0 Å². The summed E-state index contributed by atoms with van der Waals surface area (Å²) in [5.74, 6) is -0.0138. The normalized spacial score (nSPS) is 16.9. The van der Waals surface area contributed by atoms with E-state index in [1.807, 2.05) is 48.6 Å². The number of halogens is 2. The SMILES string of the molecule is O=C(NCCN1CCOCC1)C1=C(/C=C/c2ccc(Cl)cc2)Cc2cc(Br)ccc21. The van der Waals surface area contributed by atoms with Crippen LogP contribution in [0.3, 0.4) is 0 Å². The number of amides is 1. The highest BCUT2D eigenvalue weighted by molar-refractivity contribution is 9.10. The monoisotopic (exact) mass is 486 g/mol. The summed E-state index contributed by atoms with van der Waals surface area (Å²) in [6.07, 6.45) is 4.83. The molecular formula is C24H24BrClN2O2. The largest absolute Gasteiger partial charge is 0.379 e. The standard InChI is InChI=1S/C24H24BrClN2O2/c25-20-5-8-22-19(16-20)15-18(4-1-17-2-6-21(26)7-3-17)23(22)24(29)27-9-10-28-11-13-30-14-12-28/h1-8,16H,9-15H2,(H,27,29)/b4-1+. The summed E-state index contributed by atoms with van der Waals surface area (Å²) in [7, 11) is 0. The summed E-state index contributed by atoms with van der Waals surface area (Å²) in [6, 6.07) is 13.8. The average molecular weight is 488 g/mol. The second kappa shape index (κ2) is 9.92. The number of fused-ring (bicyclic) bond motifs is 1. The molecule has 1 saturated heterocycles. The third kappa shape index (κ3) is 5.22. The molecule has 30 heavy (non-hydrogen) atoms. The minimum atomic E-state index is -0.0138. The van der Waals surface area contributed by atoms with E-state index >= 15 is 0 Å². The summed E-state index contributed by atoms with van der Waals surface area (Å²) in [6.45, 7) is 4.84. The lowest BCUT2D eigenvalue weighted by Gasteiger charge is -2.26. The number of hydrogen-bond acceptors (Lipinski definition) is 3. The zero-order chi connectivity index (χ0) is 20.9. The predicted octanol–water partition coefficient (Wildman–Crippen LogP) is 4.57. The van der Waals surface area contributed by atoms with Crippen LogP contribution in [0.2, 0.25) is 5.02 Å². The molecule has 156 valence electrons. The average Bonchev–Trinajstić information content (AvgIpc) is 3.11. The van der Waals surface area contributed by atoms with Crippen LogP contribution in [0.1, 0.15) is 16.7 Å². The molecule has 0 spiro atoms. The molecule has 1 fully saturated rings. The van der Waals surface area contributed by atoms with Crippen molar-refractivity contribution in [1.82, 2.24) is 10.2 Å². The van der Waals surface area contributed by atoms with Gasteiger partial charge in [-0.25, -0.2) is 0 Å². The van der Waals surface area contributed by atoms with Gasteiger partial charge in [-0.15, -0.1) is 0 Å². The Morgan fingerprint density at radius 1 is 1.13 bits per heavy atom. The van der Waals surface area contributed by atoms with Gasteiger partial charge in [0.1, 0.15) is 0 Å². The van der Waals surface area contributed by atoms with Gasteiger partial charge in [0.05, 0.1) is 18.8 Å². The molecule has 6 heteroatoms. The first kappa shape index (κ1) is 21.3. The van der Waals surface area contributed by atoms with E-state index in [4.69, 9.17) is 16.3 Å². The Bertz CT molecular complexity index is 979. The number of allylic oxidation sites excluding steroid dienone is 2. The number of hydrogen-bond donors (Lipinski definition) is 1. The number of ether oxygens (including phenoxy) is 1. The summed E-state index contributed by atoms with van der Waals surface area (Å²) in [4.78, 5) is 15.4. The molecule has 2 aliphatic rings. The molecule has 0 atom stereocenters. The Kier molecular flexibility index (Phi) is 7.05. The first-order valence-corrected chi connectivity index (χ1v) is 11.3.